The summed E-state index contributed by atoms with van der Waals surface area (Å²) in [6.07, 6.45) is 1.52. The maximum Gasteiger partial charge on any atom is 0.266 e. The Morgan fingerprint density at radius 1 is 1.42 bits per heavy atom. The second kappa shape index (κ2) is 8.51. The molecule has 0 aliphatic rings. The number of anilines is 1. The Morgan fingerprint density at radius 2 is 2.17 bits per heavy atom. The molecule has 2 aromatic rings. The SMILES string of the molecule is COc1c(Br)cc(/C=C(\C#N)C(=O)Nc2cccc(Cl)c2)cc1I. The quantitative estimate of drug-likeness (QED) is 0.342. The van der Waals surface area contributed by atoms with Crippen molar-refractivity contribution in [2.24, 2.45) is 0 Å². The van der Waals surface area contributed by atoms with E-state index in [1.54, 1.807) is 37.4 Å². The summed E-state index contributed by atoms with van der Waals surface area (Å²) in [6, 6.07) is 12.3. The normalized spacial score (nSPS) is 10.9. The molecule has 122 valence electrons. The van der Waals surface area contributed by atoms with E-state index >= 15 is 0 Å². The van der Waals surface area contributed by atoms with Crippen LogP contribution in [0.5, 0.6) is 5.75 Å². The summed E-state index contributed by atoms with van der Waals surface area (Å²) in [5.41, 5.74) is 1.23. The summed E-state index contributed by atoms with van der Waals surface area (Å²) >= 11 is 11.4. The van der Waals surface area contributed by atoms with E-state index in [1.807, 2.05) is 12.1 Å². The minimum Gasteiger partial charge on any atom is -0.494 e. The number of ether oxygens (including phenoxy) is 1. The molecule has 1 amide bonds. The molecule has 0 fully saturated rings. The predicted octanol–water partition coefficient (Wildman–Crippen LogP) is 5.26. The number of amides is 1. The number of carbonyl (C=O) groups excluding carboxylic acids is 1. The lowest BCUT2D eigenvalue weighted by molar-refractivity contribution is -0.112. The molecule has 2 rings (SSSR count). The van der Waals surface area contributed by atoms with E-state index in [0.717, 1.165) is 8.04 Å². The molecule has 0 bridgehead atoms. The Kier molecular flexibility index (Phi) is 6.66. The number of methoxy groups -OCH3 is 1. The third-order valence-corrected chi connectivity index (χ3v) is 4.61. The lowest BCUT2D eigenvalue weighted by Crippen LogP contribution is -2.13. The fraction of sp³-hybridized carbons (Fsp3) is 0.0588. The molecule has 0 saturated carbocycles. The van der Waals surface area contributed by atoms with Gasteiger partial charge in [0.15, 0.2) is 0 Å². The summed E-state index contributed by atoms with van der Waals surface area (Å²) in [4.78, 5) is 12.3. The first-order chi connectivity index (χ1) is 11.4. The van der Waals surface area contributed by atoms with Crippen LogP contribution in [0, 0.1) is 14.9 Å². The van der Waals surface area contributed by atoms with Crippen molar-refractivity contribution in [1.82, 2.24) is 0 Å². The van der Waals surface area contributed by atoms with Gasteiger partial charge in [-0.1, -0.05) is 17.7 Å². The van der Waals surface area contributed by atoms with Crippen LogP contribution in [0.2, 0.25) is 5.02 Å². The molecule has 4 nitrogen and oxygen atoms in total. The monoisotopic (exact) mass is 516 g/mol. The van der Waals surface area contributed by atoms with Gasteiger partial charge in [0.25, 0.3) is 5.91 Å². The van der Waals surface area contributed by atoms with Gasteiger partial charge in [-0.15, -0.1) is 0 Å². The lowest BCUT2D eigenvalue weighted by Gasteiger charge is -2.08. The summed E-state index contributed by atoms with van der Waals surface area (Å²) in [5.74, 6) is 0.205. The van der Waals surface area contributed by atoms with Crippen molar-refractivity contribution in [2.45, 2.75) is 0 Å². The van der Waals surface area contributed by atoms with Gasteiger partial charge >= 0.3 is 0 Å². The van der Waals surface area contributed by atoms with E-state index in [9.17, 15) is 10.1 Å². The predicted molar refractivity (Wildman–Crippen MR) is 107 cm³/mol. The number of nitrogens with one attached hydrogen (secondary N) is 1. The molecular formula is C17H11BrClIN2O2. The molecule has 0 atom stereocenters. The molecule has 1 N–H and O–H groups in total. The highest BCUT2D eigenvalue weighted by molar-refractivity contribution is 14.1. The van der Waals surface area contributed by atoms with Gasteiger partial charge in [-0.3, -0.25) is 4.79 Å². The van der Waals surface area contributed by atoms with Crippen LogP contribution < -0.4 is 10.1 Å². The second-order valence-corrected chi connectivity index (χ2v) is 7.11. The van der Waals surface area contributed by atoms with Gasteiger partial charge in [-0.2, -0.15) is 5.26 Å². The number of benzene rings is 2. The van der Waals surface area contributed by atoms with E-state index in [-0.39, 0.29) is 5.57 Å². The van der Waals surface area contributed by atoms with Gasteiger partial charge < -0.3 is 10.1 Å². The van der Waals surface area contributed by atoms with Crippen molar-refractivity contribution >= 4 is 67.8 Å². The fourth-order valence-electron chi connectivity index (χ4n) is 1.94. The first kappa shape index (κ1) is 18.8. The van der Waals surface area contributed by atoms with Gasteiger partial charge in [0.2, 0.25) is 0 Å². The summed E-state index contributed by atoms with van der Waals surface area (Å²) in [6.45, 7) is 0. The molecule has 0 radical (unpaired) electrons. The molecule has 0 saturated heterocycles. The molecule has 0 heterocycles. The minimum atomic E-state index is -0.498. The Bertz CT molecular complexity index is 839. The van der Waals surface area contributed by atoms with Gasteiger partial charge in [-0.05, 0) is 80.5 Å². The molecule has 0 aromatic heterocycles. The highest BCUT2D eigenvalue weighted by Crippen LogP contribution is 2.32. The Balaban J connectivity index is 2.29. The number of hydrogen-bond donors (Lipinski definition) is 1. The van der Waals surface area contributed by atoms with Crippen LogP contribution in [-0.2, 0) is 4.79 Å². The average molecular weight is 518 g/mol. The summed E-state index contributed by atoms with van der Waals surface area (Å²) < 4.78 is 6.88. The van der Waals surface area contributed by atoms with Crippen molar-refractivity contribution in [3.63, 3.8) is 0 Å². The molecule has 0 aliphatic heterocycles. The minimum absolute atomic E-state index is 0.0113. The van der Waals surface area contributed by atoms with E-state index in [1.165, 1.54) is 6.08 Å². The molecule has 2 aromatic carbocycles. The summed E-state index contributed by atoms with van der Waals surface area (Å²) in [7, 11) is 1.58. The van der Waals surface area contributed by atoms with Crippen molar-refractivity contribution < 1.29 is 9.53 Å². The van der Waals surface area contributed by atoms with Crippen LogP contribution in [0.4, 0.5) is 5.69 Å². The molecular weight excluding hydrogens is 506 g/mol. The molecule has 7 heteroatoms. The topological polar surface area (TPSA) is 62.1 Å². The summed E-state index contributed by atoms with van der Waals surface area (Å²) in [5, 5.41) is 12.4. The standard InChI is InChI=1S/C17H11BrClIN2O2/c1-24-16-14(18)6-10(7-15(16)20)5-11(9-21)17(23)22-13-4-2-3-12(19)8-13/h2-8H,1H3,(H,22,23)/b11-5+. The first-order valence-electron chi connectivity index (χ1n) is 6.66. The highest BCUT2D eigenvalue weighted by Gasteiger charge is 2.12. The smallest absolute Gasteiger partial charge is 0.266 e. The van der Waals surface area contributed by atoms with Crippen LogP contribution >= 0.6 is 50.1 Å². The zero-order valence-electron chi connectivity index (χ0n) is 12.4. The highest BCUT2D eigenvalue weighted by atomic mass is 127. The number of nitrogens with zero attached hydrogens (tertiary/aromatic N) is 1. The van der Waals surface area contributed by atoms with Gasteiger partial charge in [0.1, 0.15) is 17.4 Å². The van der Waals surface area contributed by atoms with E-state index in [0.29, 0.717) is 22.0 Å². The van der Waals surface area contributed by atoms with Crippen molar-refractivity contribution in [3.8, 4) is 11.8 Å². The van der Waals surface area contributed by atoms with Crippen LogP contribution in [0.3, 0.4) is 0 Å². The van der Waals surface area contributed by atoms with E-state index < -0.39 is 5.91 Å². The number of nitriles is 1. The molecule has 0 spiro atoms. The largest absolute Gasteiger partial charge is 0.494 e. The van der Waals surface area contributed by atoms with Gasteiger partial charge in [0.05, 0.1) is 15.2 Å². The second-order valence-electron chi connectivity index (χ2n) is 4.65. The third-order valence-electron chi connectivity index (χ3n) is 2.98. The molecule has 0 unspecified atom stereocenters. The van der Waals surface area contributed by atoms with Gasteiger partial charge in [-0.25, -0.2) is 0 Å². The average Bonchev–Trinajstić information content (AvgIpc) is 2.52. The first-order valence-corrected chi connectivity index (χ1v) is 8.91. The lowest BCUT2D eigenvalue weighted by atomic mass is 10.1. The van der Waals surface area contributed by atoms with Crippen LogP contribution in [0.1, 0.15) is 5.56 Å². The van der Waals surface area contributed by atoms with Crippen LogP contribution in [0.15, 0.2) is 46.4 Å². The third kappa shape index (κ3) is 4.72. The fourth-order valence-corrected chi connectivity index (χ4v) is 4.01. The van der Waals surface area contributed by atoms with Crippen LogP contribution in [0.25, 0.3) is 6.08 Å². The maximum absolute atomic E-state index is 12.3. The Hall–Kier alpha value is -1.56. The van der Waals surface area contributed by atoms with E-state index in [4.69, 9.17) is 16.3 Å². The molecule has 0 aliphatic carbocycles. The Morgan fingerprint density at radius 3 is 2.75 bits per heavy atom. The Labute approximate surface area is 166 Å². The van der Waals surface area contributed by atoms with Crippen molar-refractivity contribution in [1.29, 1.82) is 5.26 Å². The zero-order valence-corrected chi connectivity index (χ0v) is 16.9. The van der Waals surface area contributed by atoms with Crippen molar-refractivity contribution in [3.05, 3.63) is 60.6 Å². The number of carbonyl (C=O) groups is 1. The van der Waals surface area contributed by atoms with Crippen LogP contribution in [-0.4, -0.2) is 13.0 Å². The van der Waals surface area contributed by atoms with Crippen molar-refractivity contribution in [2.75, 3.05) is 12.4 Å². The number of hydrogen-bond acceptors (Lipinski definition) is 3. The van der Waals surface area contributed by atoms with E-state index in [2.05, 4.69) is 43.8 Å². The maximum atomic E-state index is 12.3. The van der Waals surface area contributed by atoms with Gasteiger partial charge in [0, 0.05) is 10.7 Å². The zero-order chi connectivity index (χ0) is 17.7. The number of halogens is 3. The number of rotatable bonds is 4. The molecule has 24 heavy (non-hydrogen) atoms.